The van der Waals surface area contributed by atoms with Crippen molar-refractivity contribution in [2.75, 3.05) is 27.3 Å². The maximum atomic E-state index is 13.1. The van der Waals surface area contributed by atoms with E-state index in [2.05, 4.69) is 5.32 Å². The lowest BCUT2D eigenvalue weighted by atomic mass is 9.97. The minimum absolute atomic E-state index is 0.114. The Kier molecular flexibility index (Phi) is 7.56. The highest BCUT2D eigenvalue weighted by molar-refractivity contribution is 7.89. The predicted octanol–water partition coefficient (Wildman–Crippen LogP) is 3.37. The van der Waals surface area contributed by atoms with Gasteiger partial charge in [-0.1, -0.05) is 19.1 Å². The molecule has 1 aliphatic rings. The van der Waals surface area contributed by atoms with Crippen LogP contribution in [0.2, 0.25) is 0 Å². The van der Waals surface area contributed by atoms with Crippen LogP contribution < -0.4 is 14.8 Å². The second kappa shape index (κ2) is 10.2. The smallest absolute Gasteiger partial charge is 0.243 e. The molecule has 2 atom stereocenters. The molecule has 168 valence electrons. The molecule has 0 unspecified atom stereocenters. The molecule has 1 amide bonds. The zero-order chi connectivity index (χ0) is 22.4. The molecule has 1 N–H and O–H groups in total. The van der Waals surface area contributed by atoms with Crippen molar-refractivity contribution in [1.29, 1.82) is 0 Å². The van der Waals surface area contributed by atoms with Crippen molar-refractivity contribution in [2.24, 2.45) is 5.92 Å². The van der Waals surface area contributed by atoms with Crippen LogP contribution in [0.15, 0.2) is 53.4 Å². The van der Waals surface area contributed by atoms with Gasteiger partial charge in [-0.25, -0.2) is 8.42 Å². The van der Waals surface area contributed by atoms with Gasteiger partial charge in [0.15, 0.2) is 0 Å². The number of piperidine rings is 1. The molecule has 7 nitrogen and oxygen atoms in total. The number of methoxy groups -OCH3 is 2. The topological polar surface area (TPSA) is 84.9 Å². The summed E-state index contributed by atoms with van der Waals surface area (Å²) in [5, 5.41) is 3.10. The number of carbonyl (C=O) groups excluding carboxylic acids is 1. The van der Waals surface area contributed by atoms with E-state index in [-0.39, 0.29) is 29.3 Å². The molecule has 8 heteroatoms. The molecule has 2 aromatic rings. The van der Waals surface area contributed by atoms with E-state index >= 15 is 0 Å². The molecule has 31 heavy (non-hydrogen) atoms. The van der Waals surface area contributed by atoms with Gasteiger partial charge < -0.3 is 14.8 Å². The highest BCUT2D eigenvalue weighted by Gasteiger charge is 2.34. The molecule has 0 bridgehead atoms. The van der Waals surface area contributed by atoms with Crippen molar-refractivity contribution in [3.63, 3.8) is 0 Å². The van der Waals surface area contributed by atoms with E-state index < -0.39 is 10.0 Å². The van der Waals surface area contributed by atoms with Gasteiger partial charge in [0.25, 0.3) is 0 Å². The number of nitrogens with zero attached hydrogens (tertiary/aromatic N) is 1. The molecule has 0 spiro atoms. The predicted molar refractivity (Wildman–Crippen MR) is 119 cm³/mol. The Morgan fingerprint density at radius 3 is 2.19 bits per heavy atom. The average molecular weight is 447 g/mol. The van der Waals surface area contributed by atoms with Crippen molar-refractivity contribution in [3.8, 4) is 11.5 Å². The fourth-order valence-electron chi connectivity index (χ4n) is 3.82. The van der Waals surface area contributed by atoms with E-state index in [1.54, 1.807) is 19.2 Å². The first kappa shape index (κ1) is 23.1. The maximum Gasteiger partial charge on any atom is 0.243 e. The lowest BCUT2D eigenvalue weighted by Crippen LogP contribution is -2.46. The number of carbonyl (C=O) groups is 1. The monoisotopic (exact) mass is 446 g/mol. The summed E-state index contributed by atoms with van der Waals surface area (Å²) in [6.45, 7) is 2.60. The second-order valence-electron chi connectivity index (χ2n) is 7.62. The van der Waals surface area contributed by atoms with Crippen LogP contribution >= 0.6 is 0 Å². The van der Waals surface area contributed by atoms with Gasteiger partial charge in [0, 0.05) is 13.1 Å². The van der Waals surface area contributed by atoms with Crippen LogP contribution in [0.4, 0.5) is 0 Å². The molecule has 0 saturated carbocycles. The van der Waals surface area contributed by atoms with Crippen LogP contribution in [0.3, 0.4) is 0 Å². The van der Waals surface area contributed by atoms with E-state index in [1.165, 1.54) is 23.5 Å². The van der Waals surface area contributed by atoms with Gasteiger partial charge in [0.2, 0.25) is 15.9 Å². The minimum atomic E-state index is -3.66. The summed E-state index contributed by atoms with van der Waals surface area (Å²) in [5.74, 6) is 0.863. The lowest BCUT2D eigenvalue weighted by molar-refractivity contribution is -0.126. The van der Waals surface area contributed by atoms with Gasteiger partial charge in [-0.3, -0.25) is 4.79 Å². The molecule has 1 heterocycles. The Hall–Kier alpha value is -2.58. The number of rotatable bonds is 8. The van der Waals surface area contributed by atoms with Crippen LogP contribution in [0.1, 0.15) is 37.8 Å². The van der Waals surface area contributed by atoms with E-state index in [1.807, 2.05) is 31.2 Å². The summed E-state index contributed by atoms with van der Waals surface area (Å²) >= 11 is 0. The molecule has 0 aliphatic carbocycles. The number of benzene rings is 2. The summed E-state index contributed by atoms with van der Waals surface area (Å²) < 4.78 is 37.8. The molecular formula is C23H30N2O5S. The first-order valence-electron chi connectivity index (χ1n) is 10.5. The quantitative estimate of drug-likeness (QED) is 0.672. The molecule has 1 aliphatic heterocycles. The number of sulfonamides is 1. The summed E-state index contributed by atoms with van der Waals surface area (Å²) in [7, 11) is -0.515. The van der Waals surface area contributed by atoms with Crippen molar-refractivity contribution < 1.29 is 22.7 Å². The van der Waals surface area contributed by atoms with Crippen molar-refractivity contribution in [3.05, 3.63) is 54.1 Å². The van der Waals surface area contributed by atoms with Crippen LogP contribution in [0.5, 0.6) is 11.5 Å². The molecule has 1 fully saturated rings. The number of hydrogen-bond acceptors (Lipinski definition) is 5. The maximum absolute atomic E-state index is 13.1. The van der Waals surface area contributed by atoms with Gasteiger partial charge >= 0.3 is 0 Å². The molecule has 3 rings (SSSR count). The molecule has 0 aromatic heterocycles. The summed E-state index contributed by atoms with van der Waals surface area (Å²) in [6.07, 6.45) is 2.05. The standard InChI is InChI=1S/C23H30N2O5S/c1-4-22(17-7-9-19(29-2)10-8-17)24-23(26)18-6-5-15-25(16-18)31(27,28)21-13-11-20(30-3)12-14-21/h7-14,18,22H,4-6,15-16H2,1-3H3,(H,24,26)/t18-,22-/m1/s1. The van der Waals surface area contributed by atoms with Crippen LogP contribution in [0.25, 0.3) is 0 Å². The summed E-state index contributed by atoms with van der Waals surface area (Å²) in [5.41, 5.74) is 0.996. The van der Waals surface area contributed by atoms with Gasteiger partial charge in [-0.05, 0) is 61.2 Å². The van der Waals surface area contributed by atoms with Gasteiger partial charge in [0.1, 0.15) is 11.5 Å². The van der Waals surface area contributed by atoms with E-state index in [0.717, 1.165) is 17.7 Å². The zero-order valence-electron chi connectivity index (χ0n) is 18.2. The third-order valence-corrected chi connectivity index (χ3v) is 7.57. The van der Waals surface area contributed by atoms with Crippen LogP contribution in [-0.4, -0.2) is 45.9 Å². The van der Waals surface area contributed by atoms with Crippen LogP contribution in [-0.2, 0) is 14.8 Å². The molecule has 1 saturated heterocycles. The van der Waals surface area contributed by atoms with Crippen molar-refractivity contribution >= 4 is 15.9 Å². The van der Waals surface area contributed by atoms with Gasteiger partial charge in [-0.15, -0.1) is 0 Å². The fraction of sp³-hybridized carbons (Fsp3) is 0.435. The Labute approximate surface area is 184 Å². The third-order valence-electron chi connectivity index (χ3n) is 5.70. The highest BCUT2D eigenvalue weighted by Crippen LogP contribution is 2.27. The largest absolute Gasteiger partial charge is 0.497 e. The SMILES string of the molecule is CC[C@@H](NC(=O)[C@@H]1CCCN(S(=O)(=O)c2ccc(OC)cc2)C1)c1ccc(OC)cc1. The van der Waals surface area contributed by atoms with Crippen LogP contribution in [0, 0.1) is 5.92 Å². The van der Waals surface area contributed by atoms with Crippen molar-refractivity contribution in [1.82, 2.24) is 9.62 Å². The normalized spacial score (nSPS) is 18.2. The first-order chi connectivity index (χ1) is 14.9. The molecule has 2 aromatic carbocycles. The fourth-order valence-corrected chi connectivity index (χ4v) is 5.34. The van der Waals surface area contributed by atoms with Gasteiger partial charge in [-0.2, -0.15) is 4.31 Å². The Morgan fingerprint density at radius 1 is 1.06 bits per heavy atom. The van der Waals surface area contributed by atoms with Gasteiger partial charge in [0.05, 0.1) is 31.1 Å². The van der Waals surface area contributed by atoms with E-state index in [0.29, 0.717) is 25.1 Å². The highest BCUT2D eigenvalue weighted by atomic mass is 32.2. The minimum Gasteiger partial charge on any atom is -0.497 e. The Morgan fingerprint density at radius 2 is 1.65 bits per heavy atom. The summed E-state index contributed by atoms with van der Waals surface area (Å²) in [4.78, 5) is 13.2. The third kappa shape index (κ3) is 5.37. The molecular weight excluding hydrogens is 416 g/mol. The Bertz CT molecular complexity index is 974. The van der Waals surface area contributed by atoms with Crippen molar-refractivity contribution in [2.45, 2.75) is 37.1 Å². The van der Waals surface area contributed by atoms with E-state index in [9.17, 15) is 13.2 Å². The Balaban J connectivity index is 1.68. The number of amides is 1. The number of hydrogen-bond donors (Lipinski definition) is 1. The zero-order valence-corrected chi connectivity index (χ0v) is 19.0. The molecule has 0 radical (unpaired) electrons. The average Bonchev–Trinajstić information content (AvgIpc) is 2.82. The lowest BCUT2D eigenvalue weighted by Gasteiger charge is -2.32. The summed E-state index contributed by atoms with van der Waals surface area (Å²) in [6, 6.07) is 13.8. The second-order valence-corrected chi connectivity index (χ2v) is 9.56. The number of nitrogens with one attached hydrogen (secondary N) is 1. The van der Waals surface area contributed by atoms with E-state index in [4.69, 9.17) is 9.47 Å². The first-order valence-corrected chi connectivity index (χ1v) is 11.9. The number of ether oxygens (including phenoxy) is 2.